The first-order chi connectivity index (χ1) is 25.2. The van der Waals surface area contributed by atoms with Crippen LogP contribution in [0.25, 0.3) is 0 Å². The monoisotopic (exact) mass is 877 g/mol. The summed E-state index contributed by atoms with van der Waals surface area (Å²) >= 11 is 0. The summed E-state index contributed by atoms with van der Waals surface area (Å²) in [5.41, 5.74) is -1.26. The molecule has 0 radical (unpaired) electrons. The molecule has 1 aromatic carbocycles. The molecule has 0 aliphatic heterocycles. The third-order valence-electron chi connectivity index (χ3n) is 7.98. The Hall–Kier alpha value is -3.40. The first kappa shape index (κ1) is 50.6. The maximum absolute atomic E-state index is 14.3. The lowest BCUT2D eigenvalue weighted by molar-refractivity contribution is -0.461. The van der Waals surface area contributed by atoms with Gasteiger partial charge in [-0.05, 0) is 32.3 Å². The number of alkyl halides is 17. The molecule has 56 heavy (non-hydrogen) atoms. The summed E-state index contributed by atoms with van der Waals surface area (Å²) in [5, 5.41) is 11.8. The SMILES string of the molecule is COc1cc(C(C)OC(=O)CCCC[Si](OC)(OC)OC)c([N+](=O)[O-])cc1OCCCC(F)(F)C(F)(F)C(F)(F)C(F)(F)C(F)(F)C(F)(F)C(F)(F)C(F)(F)F. The van der Waals surface area contributed by atoms with Gasteiger partial charge in [-0.3, -0.25) is 14.9 Å². The van der Waals surface area contributed by atoms with Crippen molar-refractivity contribution in [2.24, 2.45) is 0 Å². The van der Waals surface area contributed by atoms with Gasteiger partial charge in [-0.1, -0.05) is 0 Å². The summed E-state index contributed by atoms with van der Waals surface area (Å²) in [7, 11) is 2.04. The van der Waals surface area contributed by atoms with E-state index in [9.17, 15) is 89.5 Å². The molecule has 0 aromatic heterocycles. The van der Waals surface area contributed by atoms with E-state index in [0.717, 1.165) is 13.2 Å². The lowest BCUT2D eigenvalue weighted by Gasteiger charge is -2.42. The van der Waals surface area contributed by atoms with Gasteiger partial charge in [0, 0.05) is 40.2 Å². The molecule has 0 aliphatic rings. The van der Waals surface area contributed by atoms with Crippen molar-refractivity contribution in [3.05, 3.63) is 27.8 Å². The molecule has 326 valence electrons. The fourth-order valence-corrected chi connectivity index (χ4v) is 6.43. The van der Waals surface area contributed by atoms with Crippen LogP contribution in [-0.2, 0) is 22.8 Å². The number of nitro benzene ring substituents is 1. The Morgan fingerprint density at radius 2 is 1.16 bits per heavy atom. The van der Waals surface area contributed by atoms with Crippen LogP contribution in [0.3, 0.4) is 0 Å². The number of rotatable bonds is 23. The third-order valence-corrected chi connectivity index (χ3v) is 10.8. The van der Waals surface area contributed by atoms with Crippen molar-refractivity contribution in [3.63, 3.8) is 0 Å². The molecule has 0 heterocycles. The van der Waals surface area contributed by atoms with E-state index in [1.165, 1.54) is 28.3 Å². The molecule has 0 N–H and O–H groups in total. The predicted molar refractivity (Wildman–Crippen MR) is 155 cm³/mol. The van der Waals surface area contributed by atoms with Gasteiger partial charge in [-0.15, -0.1) is 0 Å². The van der Waals surface area contributed by atoms with Crippen LogP contribution in [0, 0.1) is 10.1 Å². The number of benzene rings is 1. The zero-order valence-electron chi connectivity index (χ0n) is 29.2. The van der Waals surface area contributed by atoms with Crippen molar-refractivity contribution in [1.82, 2.24) is 0 Å². The van der Waals surface area contributed by atoms with Crippen LogP contribution in [-0.4, -0.2) is 102 Å². The topological polar surface area (TPSA) is 116 Å². The third kappa shape index (κ3) is 9.48. The standard InChI is InChI=1S/C28H32F17NO9Si/c1-15(55-20(47)9-6-7-12-56(51-3,52-4)53-5)16-13-18(50-2)19(14-17(16)46(48)49)54-11-8-10-21(29,30)22(31,32)23(33,34)24(35,36)25(37,38)26(39,40)27(41,42)28(43,44)45/h13-15H,6-12H2,1-5H3. The Morgan fingerprint density at radius 1 is 0.696 bits per heavy atom. The molecule has 0 fully saturated rings. The Bertz CT molecular complexity index is 1500. The van der Waals surface area contributed by atoms with Crippen molar-refractivity contribution in [1.29, 1.82) is 0 Å². The van der Waals surface area contributed by atoms with Crippen LogP contribution in [0.15, 0.2) is 12.1 Å². The molecule has 1 rings (SSSR count). The molecule has 0 aliphatic carbocycles. The van der Waals surface area contributed by atoms with Gasteiger partial charge in [0.1, 0.15) is 6.10 Å². The maximum Gasteiger partial charge on any atom is 0.500 e. The van der Waals surface area contributed by atoms with Gasteiger partial charge < -0.3 is 27.5 Å². The molecule has 10 nitrogen and oxygen atoms in total. The fraction of sp³-hybridized carbons (Fsp3) is 0.750. The van der Waals surface area contributed by atoms with Crippen LogP contribution >= 0.6 is 0 Å². The van der Waals surface area contributed by atoms with Crippen molar-refractivity contribution < 1.29 is 112 Å². The molecular weight excluding hydrogens is 845 g/mol. The molecule has 0 amide bonds. The number of halogens is 17. The minimum Gasteiger partial charge on any atom is -0.493 e. The summed E-state index contributed by atoms with van der Waals surface area (Å²) in [6.07, 6.45) is -13.3. The number of hydrogen-bond donors (Lipinski definition) is 0. The van der Waals surface area contributed by atoms with E-state index in [-0.39, 0.29) is 18.4 Å². The second-order valence-corrected chi connectivity index (χ2v) is 14.6. The van der Waals surface area contributed by atoms with Crippen LogP contribution < -0.4 is 9.47 Å². The van der Waals surface area contributed by atoms with E-state index in [0.29, 0.717) is 18.5 Å². The minimum atomic E-state index is -8.74. The number of carbonyl (C=O) groups is 1. The van der Waals surface area contributed by atoms with Crippen LogP contribution in [0.4, 0.5) is 80.3 Å². The first-order valence-corrected chi connectivity index (χ1v) is 17.2. The lowest BCUT2D eigenvalue weighted by atomic mass is 9.88. The van der Waals surface area contributed by atoms with Gasteiger partial charge in [0.25, 0.3) is 5.69 Å². The van der Waals surface area contributed by atoms with E-state index in [2.05, 4.69) is 0 Å². The van der Waals surface area contributed by atoms with E-state index in [1.807, 2.05) is 0 Å². The molecule has 0 spiro atoms. The smallest absolute Gasteiger partial charge is 0.493 e. The number of hydrogen-bond acceptors (Lipinski definition) is 9. The van der Waals surface area contributed by atoms with E-state index in [4.69, 9.17) is 27.5 Å². The number of nitrogens with zero attached hydrogens (tertiary/aromatic N) is 1. The molecule has 0 bridgehead atoms. The van der Waals surface area contributed by atoms with Gasteiger partial charge >= 0.3 is 62.4 Å². The zero-order valence-corrected chi connectivity index (χ0v) is 30.2. The van der Waals surface area contributed by atoms with Gasteiger partial charge in [-0.25, -0.2) is 0 Å². The first-order valence-electron chi connectivity index (χ1n) is 15.2. The number of esters is 1. The number of methoxy groups -OCH3 is 1. The van der Waals surface area contributed by atoms with E-state index in [1.54, 1.807) is 0 Å². The highest BCUT2D eigenvalue weighted by Gasteiger charge is 2.95. The summed E-state index contributed by atoms with van der Waals surface area (Å²) in [5.74, 6) is -59.4. The van der Waals surface area contributed by atoms with Crippen molar-refractivity contribution in [2.45, 2.75) is 98.8 Å². The average molecular weight is 878 g/mol. The molecular formula is C28H32F17NO9Si. The number of unbranched alkanes of at least 4 members (excludes halogenated alkanes) is 1. The average Bonchev–Trinajstić information content (AvgIpc) is 3.09. The Labute approximate surface area is 306 Å². The second-order valence-electron chi connectivity index (χ2n) is 11.6. The quantitative estimate of drug-likeness (QED) is 0.0265. The zero-order chi connectivity index (χ0) is 44.1. The van der Waals surface area contributed by atoms with E-state index < -0.39 is 110 Å². The van der Waals surface area contributed by atoms with Crippen LogP contribution in [0.1, 0.15) is 50.7 Å². The molecule has 28 heteroatoms. The number of carbonyl (C=O) groups excluding carboxylic acids is 1. The predicted octanol–water partition coefficient (Wildman–Crippen LogP) is 9.42. The molecule has 1 unspecified atom stereocenters. The summed E-state index contributed by atoms with van der Waals surface area (Å²) in [6.45, 7) is -0.199. The van der Waals surface area contributed by atoms with Crippen molar-refractivity contribution >= 4 is 20.5 Å². The number of nitro groups is 1. The molecule has 0 saturated carbocycles. The highest BCUT2D eigenvalue weighted by Crippen LogP contribution is 2.64. The summed E-state index contributed by atoms with van der Waals surface area (Å²) in [4.78, 5) is 23.1. The Morgan fingerprint density at radius 3 is 1.59 bits per heavy atom. The minimum absolute atomic E-state index is 0.200. The molecule has 1 atom stereocenters. The van der Waals surface area contributed by atoms with Gasteiger partial charge in [0.2, 0.25) is 0 Å². The molecule has 0 saturated heterocycles. The summed E-state index contributed by atoms with van der Waals surface area (Å²) < 4.78 is 260. The Kier molecular flexibility index (Phi) is 15.9. The van der Waals surface area contributed by atoms with Crippen LogP contribution in [0.2, 0.25) is 6.04 Å². The number of ether oxygens (including phenoxy) is 3. The lowest BCUT2D eigenvalue weighted by Crippen LogP contribution is -2.74. The van der Waals surface area contributed by atoms with Crippen molar-refractivity contribution in [3.8, 4) is 11.5 Å². The highest BCUT2D eigenvalue weighted by atomic mass is 28.4. The fourth-order valence-electron chi connectivity index (χ4n) is 4.64. The van der Waals surface area contributed by atoms with Gasteiger partial charge in [0.05, 0.1) is 30.3 Å². The largest absolute Gasteiger partial charge is 0.500 e. The maximum atomic E-state index is 14.3. The summed E-state index contributed by atoms with van der Waals surface area (Å²) in [6, 6.07) is 1.68. The van der Waals surface area contributed by atoms with Gasteiger partial charge in [-0.2, -0.15) is 74.6 Å². The Balaban J connectivity index is 3.19. The second kappa shape index (κ2) is 17.6. The van der Waals surface area contributed by atoms with Crippen molar-refractivity contribution in [2.75, 3.05) is 35.0 Å². The van der Waals surface area contributed by atoms with Crippen LogP contribution in [0.5, 0.6) is 11.5 Å². The highest BCUT2D eigenvalue weighted by molar-refractivity contribution is 6.60. The van der Waals surface area contributed by atoms with Gasteiger partial charge in [0.15, 0.2) is 11.5 Å². The van der Waals surface area contributed by atoms with E-state index >= 15 is 0 Å². The molecule has 1 aromatic rings. The normalized spacial score (nSPS) is 14.8.